The fourth-order valence-electron chi connectivity index (χ4n) is 4.41. The topological polar surface area (TPSA) is 57.7 Å². The van der Waals surface area contributed by atoms with Crippen LogP contribution >= 0.6 is 0 Å². The summed E-state index contributed by atoms with van der Waals surface area (Å²) in [5.74, 6) is 0.449. The van der Waals surface area contributed by atoms with E-state index in [1.165, 1.54) is 5.56 Å². The van der Waals surface area contributed by atoms with Crippen molar-refractivity contribution in [2.75, 3.05) is 13.1 Å². The lowest BCUT2D eigenvalue weighted by molar-refractivity contribution is -0.138. The Balaban J connectivity index is 1.39. The van der Waals surface area contributed by atoms with Gasteiger partial charge in [-0.25, -0.2) is 8.42 Å². The quantitative estimate of drug-likeness (QED) is 0.609. The fourth-order valence-corrected chi connectivity index (χ4v) is 5.88. The van der Waals surface area contributed by atoms with Crippen LogP contribution < -0.4 is 0 Å². The fraction of sp³-hybridized carbons (Fsp3) is 0.500. The molecule has 4 rings (SSSR count). The Labute approximate surface area is 192 Å². The molecule has 0 atom stereocenters. The minimum atomic E-state index is -3.52. The van der Waals surface area contributed by atoms with E-state index < -0.39 is 10.0 Å². The lowest BCUT2D eigenvalue weighted by Crippen LogP contribution is -2.44. The first-order valence-electron chi connectivity index (χ1n) is 11.7. The Morgan fingerprint density at radius 2 is 1.56 bits per heavy atom. The highest BCUT2D eigenvalue weighted by molar-refractivity contribution is 7.89. The molecule has 0 radical (unpaired) electrons. The van der Waals surface area contributed by atoms with E-state index in [9.17, 15) is 13.2 Å². The van der Waals surface area contributed by atoms with E-state index in [4.69, 9.17) is 0 Å². The number of nitrogens with zero attached hydrogens (tertiary/aromatic N) is 2. The molecule has 1 saturated carbocycles. The third kappa shape index (κ3) is 5.07. The van der Waals surface area contributed by atoms with Crippen molar-refractivity contribution >= 4 is 15.9 Å². The van der Waals surface area contributed by atoms with Crippen LogP contribution in [0.2, 0.25) is 0 Å². The van der Waals surface area contributed by atoms with Gasteiger partial charge < -0.3 is 4.90 Å². The molecule has 1 aliphatic carbocycles. The van der Waals surface area contributed by atoms with Crippen LogP contribution in [0.15, 0.2) is 53.4 Å². The number of carbonyl (C=O) groups excluding carboxylic acids is 1. The normalized spacial score (nSPS) is 18.1. The summed E-state index contributed by atoms with van der Waals surface area (Å²) in [6, 6.07) is 15.9. The Bertz CT molecular complexity index is 1030. The number of sulfonamides is 1. The highest BCUT2D eigenvalue weighted by Crippen LogP contribution is 2.33. The van der Waals surface area contributed by atoms with Gasteiger partial charge in [-0.05, 0) is 61.8 Å². The van der Waals surface area contributed by atoms with Crippen molar-refractivity contribution in [3.63, 3.8) is 0 Å². The largest absolute Gasteiger partial charge is 0.335 e. The Morgan fingerprint density at radius 1 is 0.969 bits per heavy atom. The van der Waals surface area contributed by atoms with Crippen molar-refractivity contribution < 1.29 is 13.2 Å². The number of aryl methyl sites for hydroxylation is 1. The summed E-state index contributed by atoms with van der Waals surface area (Å²) in [6.45, 7) is 7.68. The molecule has 2 fully saturated rings. The summed E-state index contributed by atoms with van der Waals surface area (Å²) >= 11 is 0. The average molecular weight is 455 g/mol. The zero-order valence-corrected chi connectivity index (χ0v) is 20.1. The van der Waals surface area contributed by atoms with E-state index in [-0.39, 0.29) is 11.8 Å². The van der Waals surface area contributed by atoms with Gasteiger partial charge in [0.15, 0.2) is 0 Å². The molecule has 0 spiro atoms. The molecule has 6 heteroatoms. The maximum atomic E-state index is 13.3. The van der Waals surface area contributed by atoms with Crippen LogP contribution in [0.5, 0.6) is 0 Å². The van der Waals surface area contributed by atoms with Crippen LogP contribution in [-0.2, 0) is 21.4 Å². The van der Waals surface area contributed by atoms with E-state index in [1.54, 1.807) is 16.4 Å². The van der Waals surface area contributed by atoms with E-state index in [0.717, 1.165) is 24.0 Å². The van der Waals surface area contributed by atoms with Gasteiger partial charge in [0.25, 0.3) is 0 Å². The van der Waals surface area contributed by atoms with Crippen LogP contribution in [0.1, 0.15) is 62.1 Å². The molecule has 172 valence electrons. The van der Waals surface area contributed by atoms with Gasteiger partial charge in [-0.1, -0.05) is 55.8 Å². The maximum absolute atomic E-state index is 13.3. The molecule has 0 bridgehead atoms. The third-order valence-electron chi connectivity index (χ3n) is 6.73. The first-order chi connectivity index (χ1) is 15.3. The van der Waals surface area contributed by atoms with E-state index in [1.807, 2.05) is 17.0 Å². The molecule has 2 aromatic carbocycles. The Kier molecular flexibility index (Phi) is 6.72. The summed E-state index contributed by atoms with van der Waals surface area (Å²) in [6.07, 6.45) is 3.30. The molecule has 1 aliphatic heterocycles. The molecule has 0 unspecified atom stereocenters. The number of carbonyl (C=O) groups is 1. The van der Waals surface area contributed by atoms with Gasteiger partial charge in [-0.2, -0.15) is 4.31 Å². The highest BCUT2D eigenvalue weighted by Gasteiger charge is 2.38. The minimum absolute atomic E-state index is 0.101. The molecule has 1 saturated heterocycles. The van der Waals surface area contributed by atoms with Gasteiger partial charge in [0, 0.05) is 31.6 Å². The molecular formula is C26H34N2O3S. The lowest BCUT2D eigenvalue weighted by Gasteiger charge is -2.34. The average Bonchev–Trinajstić information content (AvgIpc) is 3.63. The van der Waals surface area contributed by atoms with Crippen LogP contribution in [0.3, 0.4) is 0 Å². The van der Waals surface area contributed by atoms with Crippen molar-refractivity contribution in [1.29, 1.82) is 0 Å². The Morgan fingerprint density at radius 3 is 2.09 bits per heavy atom. The molecule has 1 amide bonds. The Hall–Kier alpha value is -2.18. The van der Waals surface area contributed by atoms with Crippen LogP contribution in [-0.4, -0.2) is 42.7 Å². The third-order valence-corrected chi connectivity index (χ3v) is 8.64. The van der Waals surface area contributed by atoms with Gasteiger partial charge in [0.1, 0.15) is 0 Å². The number of hydrogen-bond donors (Lipinski definition) is 0. The van der Waals surface area contributed by atoms with Crippen molar-refractivity contribution in [1.82, 2.24) is 9.21 Å². The van der Waals surface area contributed by atoms with Crippen LogP contribution in [0.4, 0.5) is 0 Å². The summed E-state index contributed by atoms with van der Waals surface area (Å²) in [7, 11) is -3.52. The van der Waals surface area contributed by atoms with Gasteiger partial charge in [-0.15, -0.1) is 0 Å². The van der Waals surface area contributed by atoms with E-state index in [0.29, 0.717) is 49.3 Å². The minimum Gasteiger partial charge on any atom is -0.335 e. The summed E-state index contributed by atoms with van der Waals surface area (Å²) < 4.78 is 27.7. The molecule has 5 nitrogen and oxygen atoms in total. The van der Waals surface area contributed by atoms with E-state index >= 15 is 0 Å². The molecule has 2 aliphatic rings. The van der Waals surface area contributed by atoms with Gasteiger partial charge >= 0.3 is 0 Å². The monoisotopic (exact) mass is 454 g/mol. The molecule has 32 heavy (non-hydrogen) atoms. The van der Waals surface area contributed by atoms with Gasteiger partial charge in [0.2, 0.25) is 15.9 Å². The second-order valence-corrected chi connectivity index (χ2v) is 11.5. The molecule has 0 N–H and O–H groups in total. The van der Waals surface area contributed by atoms with Crippen LogP contribution in [0, 0.1) is 12.8 Å². The van der Waals surface area contributed by atoms with Gasteiger partial charge in [-0.3, -0.25) is 4.79 Å². The van der Waals surface area contributed by atoms with Crippen LogP contribution in [0.25, 0.3) is 0 Å². The summed E-state index contributed by atoms with van der Waals surface area (Å²) in [4.78, 5) is 15.7. The second-order valence-electron chi connectivity index (χ2n) is 9.59. The number of hydrogen-bond acceptors (Lipinski definition) is 3. The first-order valence-corrected chi connectivity index (χ1v) is 13.2. The summed E-state index contributed by atoms with van der Waals surface area (Å²) in [5, 5.41) is 0. The molecule has 2 aromatic rings. The van der Waals surface area contributed by atoms with Gasteiger partial charge in [0.05, 0.1) is 4.90 Å². The highest BCUT2D eigenvalue weighted by atomic mass is 32.2. The predicted molar refractivity (Wildman–Crippen MR) is 127 cm³/mol. The van der Waals surface area contributed by atoms with E-state index in [2.05, 4.69) is 45.0 Å². The predicted octanol–water partition coefficient (Wildman–Crippen LogP) is 4.71. The lowest BCUT2D eigenvalue weighted by atomic mass is 9.96. The van der Waals surface area contributed by atoms with Crippen molar-refractivity contribution in [2.45, 2.75) is 69.9 Å². The van der Waals surface area contributed by atoms with Crippen molar-refractivity contribution in [3.8, 4) is 0 Å². The standard InChI is InChI=1S/C26H34N2O3S/c1-19(2)22-8-12-25(13-9-22)32(30,31)27-16-14-23(15-17-27)26(29)28(24-10-11-24)18-21-6-4-20(3)5-7-21/h4-9,12-13,19,23-24H,10-11,14-18H2,1-3H3. The first kappa shape index (κ1) is 23.0. The zero-order valence-electron chi connectivity index (χ0n) is 19.3. The smallest absolute Gasteiger partial charge is 0.243 e. The molecule has 1 heterocycles. The zero-order chi connectivity index (χ0) is 22.9. The number of rotatable bonds is 7. The summed E-state index contributed by atoms with van der Waals surface area (Å²) in [5.41, 5.74) is 3.49. The number of piperidine rings is 1. The number of amides is 1. The van der Waals surface area contributed by atoms with Crippen molar-refractivity contribution in [2.24, 2.45) is 5.92 Å². The number of benzene rings is 2. The molecule has 0 aromatic heterocycles. The second kappa shape index (κ2) is 9.36. The molecular weight excluding hydrogens is 420 g/mol. The SMILES string of the molecule is Cc1ccc(CN(C(=O)C2CCN(S(=O)(=O)c3ccc(C(C)C)cc3)CC2)C2CC2)cc1. The maximum Gasteiger partial charge on any atom is 0.243 e. The van der Waals surface area contributed by atoms with Crippen molar-refractivity contribution in [3.05, 3.63) is 65.2 Å².